The molecule has 0 bridgehead atoms. The third-order valence-corrected chi connectivity index (χ3v) is 9.98. The van der Waals surface area contributed by atoms with Crippen molar-refractivity contribution in [1.29, 1.82) is 0 Å². The monoisotopic (exact) mass is 709 g/mol. The number of benzene rings is 1. The first kappa shape index (κ1) is 41.2. The lowest BCUT2D eigenvalue weighted by Gasteiger charge is -2.36. The van der Waals surface area contributed by atoms with Crippen LogP contribution in [0.15, 0.2) is 43.0 Å². The molecule has 1 unspecified atom stereocenters. The van der Waals surface area contributed by atoms with Crippen LogP contribution in [-0.2, 0) is 35.3 Å². The highest BCUT2D eigenvalue weighted by Gasteiger charge is 2.46. The Kier molecular flexibility index (Phi) is 15.7. The maximum atomic E-state index is 14.4. The molecule has 12 heteroatoms. The molecule has 5 amide bonds. The van der Waals surface area contributed by atoms with Crippen LogP contribution in [0.5, 0.6) is 0 Å². The van der Waals surface area contributed by atoms with Crippen molar-refractivity contribution in [2.75, 3.05) is 13.1 Å². The number of ketones is 1. The van der Waals surface area contributed by atoms with Crippen molar-refractivity contribution in [3.05, 3.63) is 48.6 Å². The van der Waals surface area contributed by atoms with Crippen molar-refractivity contribution >= 4 is 35.5 Å². The fourth-order valence-electron chi connectivity index (χ4n) is 6.86. The fraction of sp³-hybridized carbons (Fsp3) is 0.641. The van der Waals surface area contributed by atoms with Crippen LogP contribution in [0.25, 0.3) is 0 Å². The van der Waals surface area contributed by atoms with Gasteiger partial charge < -0.3 is 30.9 Å². The Bertz CT molecular complexity index is 1370. The highest BCUT2D eigenvalue weighted by Crippen LogP contribution is 2.33. The van der Waals surface area contributed by atoms with Gasteiger partial charge in [-0.3, -0.25) is 19.2 Å². The Morgan fingerprint density at radius 3 is 2.22 bits per heavy atom. The van der Waals surface area contributed by atoms with Crippen LogP contribution in [0.2, 0.25) is 0 Å². The summed E-state index contributed by atoms with van der Waals surface area (Å²) in [4.78, 5) is 82.4. The molecule has 4 N–H and O–H groups in total. The van der Waals surface area contributed by atoms with Gasteiger partial charge in [0.25, 0.3) is 5.91 Å². The third kappa shape index (κ3) is 11.9. The Labute approximate surface area is 303 Å². The standard InChI is InChI=1S/C39H59N5O7/c1-8-16-29(32(45)35(47)40-21-9-2)41-34(46)30-22-28(25(3)4)23-44(30)36(48)33(39(5,6)7)43-38(50)42-31(27-19-14-11-15-20-27)37(49)51-24-26-17-12-10-13-18-26/h9-10,12-13,17-18,25,27-31,33H,2,8,11,14-16,19-24H2,1,3-7H3,(H,40,47)(H,41,46)(H2,42,43,50)/t28-,29?,30+,31+,33-/m1/s1. The molecule has 1 aromatic rings. The number of carbonyl (C=O) groups is 6. The minimum Gasteiger partial charge on any atom is -0.459 e. The smallest absolute Gasteiger partial charge is 0.329 e. The van der Waals surface area contributed by atoms with E-state index >= 15 is 0 Å². The number of urea groups is 1. The van der Waals surface area contributed by atoms with Crippen molar-refractivity contribution in [2.45, 2.75) is 124 Å². The average molecular weight is 710 g/mol. The van der Waals surface area contributed by atoms with Crippen LogP contribution in [0, 0.1) is 23.2 Å². The number of Topliss-reactive ketones (excluding diaryl/α,β-unsaturated/α-hetero) is 1. The molecule has 0 aromatic heterocycles. The molecule has 0 spiro atoms. The molecule has 1 aliphatic heterocycles. The fourth-order valence-corrected chi connectivity index (χ4v) is 6.86. The second kappa shape index (κ2) is 19.4. The Morgan fingerprint density at radius 1 is 0.961 bits per heavy atom. The van der Waals surface area contributed by atoms with Gasteiger partial charge in [0, 0.05) is 13.1 Å². The van der Waals surface area contributed by atoms with Gasteiger partial charge in [-0.15, -0.1) is 6.58 Å². The van der Waals surface area contributed by atoms with Crippen LogP contribution < -0.4 is 21.3 Å². The molecule has 1 aromatic carbocycles. The lowest BCUT2D eigenvalue weighted by Crippen LogP contribution is -2.61. The molecule has 12 nitrogen and oxygen atoms in total. The second-order valence-electron chi connectivity index (χ2n) is 15.3. The van der Waals surface area contributed by atoms with Gasteiger partial charge in [-0.25, -0.2) is 9.59 Å². The van der Waals surface area contributed by atoms with Gasteiger partial charge in [-0.2, -0.15) is 0 Å². The molecule has 1 saturated heterocycles. The Morgan fingerprint density at radius 2 is 1.63 bits per heavy atom. The molecular weight excluding hydrogens is 650 g/mol. The SMILES string of the molecule is C=CCNC(=O)C(=O)C(CCC)NC(=O)[C@@H]1C[C@@H](C(C)C)CN1C(=O)[C@@H](NC(=O)N[C@H](C(=O)OCc1ccccc1)C1CCCCC1)C(C)(C)C. The van der Waals surface area contributed by atoms with Crippen molar-refractivity contribution in [2.24, 2.45) is 23.2 Å². The molecule has 1 aliphatic carbocycles. The number of rotatable bonds is 16. The average Bonchev–Trinajstić information content (AvgIpc) is 3.57. The van der Waals surface area contributed by atoms with Gasteiger partial charge in [0.1, 0.15) is 24.7 Å². The predicted octanol–water partition coefficient (Wildman–Crippen LogP) is 4.42. The summed E-state index contributed by atoms with van der Waals surface area (Å²) in [6.07, 6.45) is 7.11. The van der Waals surface area contributed by atoms with Crippen LogP contribution in [0.3, 0.4) is 0 Å². The van der Waals surface area contributed by atoms with Gasteiger partial charge >= 0.3 is 12.0 Å². The Hall–Kier alpha value is -4.22. The zero-order valence-electron chi connectivity index (χ0n) is 31.3. The molecule has 3 rings (SSSR count). The summed E-state index contributed by atoms with van der Waals surface area (Å²) in [6.45, 7) is 15.4. The van der Waals surface area contributed by atoms with Crippen LogP contribution >= 0.6 is 0 Å². The van der Waals surface area contributed by atoms with E-state index in [0.29, 0.717) is 12.8 Å². The molecule has 1 saturated carbocycles. The first-order chi connectivity index (χ1) is 24.2. The number of nitrogens with zero attached hydrogens (tertiary/aromatic N) is 1. The number of nitrogens with one attached hydrogen (secondary N) is 4. The normalized spacial score (nSPS) is 19.7. The van der Waals surface area contributed by atoms with Gasteiger partial charge in [-0.05, 0) is 54.4 Å². The van der Waals surface area contributed by atoms with Gasteiger partial charge in [0.05, 0.1) is 6.04 Å². The summed E-state index contributed by atoms with van der Waals surface area (Å²) in [5.41, 5.74) is 0.0602. The minimum absolute atomic E-state index is 0.00886. The maximum absolute atomic E-state index is 14.4. The highest BCUT2D eigenvalue weighted by atomic mass is 16.5. The number of ether oxygens (including phenoxy) is 1. The van der Waals surface area contributed by atoms with E-state index in [2.05, 4.69) is 27.8 Å². The summed E-state index contributed by atoms with van der Waals surface area (Å²) >= 11 is 0. The van der Waals surface area contributed by atoms with Gasteiger partial charge in [0.2, 0.25) is 17.6 Å². The van der Waals surface area contributed by atoms with E-state index in [1.807, 2.05) is 71.9 Å². The highest BCUT2D eigenvalue weighted by molar-refractivity contribution is 6.38. The van der Waals surface area contributed by atoms with Crippen molar-refractivity contribution in [3.8, 4) is 0 Å². The number of amides is 5. The lowest BCUT2D eigenvalue weighted by molar-refractivity contribution is -0.149. The summed E-state index contributed by atoms with van der Waals surface area (Å²) < 4.78 is 5.67. The van der Waals surface area contributed by atoms with E-state index in [1.165, 1.54) is 11.0 Å². The summed E-state index contributed by atoms with van der Waals surface area (Å²) in [5, 5.41) is 10.9. The first-order valence-electron chi connectivity index (χ1n) is 18.5. The number of hydrogen-bond donors (Lipinski definition) is 4. The molecule has 1 heterocycles. The number of carbonyl (C=O) groups excluding carboxylic acids is 6. The summed E-state index contributed by atoms with van der Waals surface area (Å²) in [6, 6.07) is 4.75. The van der Waals surface area contributed by atoms with Gasteiger partial charge in [-0.1, -0.05) is 104 Å². The topological polar surface area (TPSA) is 163 Å². The first-order valence-corrected chi connectivity index (χ1v) is 18.5. The van der Waals surface area contributed by atoms with Crippen LogP contribution in [0.1, 0.15) is 98.5 Å². The van der Waals surface area contributed by atoms with Crippen molar-refractivity contribution in [1.82, 2.24) is 26.2 Å². The van der Waals surface area contributed by atoms with E-state index in [1.54, 1.807) is 0 Å². The lowest BCUT2D eigenvalue weighted by atomic mass is 9.83. The zero-order valence-corrected chi connectivity index (χ0v) is 31.3. The molecule has 2 fully saturated rings. The van der Waals surface area contributed by atoms with Crippen molar-refractivity contribution < 1.29 is 33.5 Å². The third-order valence-electron chi connectivity index (χ3n) is 9.98. The summed E-state index contributed by atoms with van der Waals surface area (Å²) in [7, 11) is 0. The number of likely N-dealkylation sites (tertiary alicyclic amines) is 1. The van der Waals surface area contributed by atoms with E-state index in [0.717, 1.165) is 37.7 Å². The molecule has 5 atom stereocenters. The second-order valence-corrected chi connectivity index (χ2v) is 15.3. The van der Waals surface area contributed by atoms with Crippen LogP contribution in [0.4, 0.5) is 4.79 Å². The minimum atomic E-state index is -1.05. The molecule has 282 valence electrons. The summed E-state index contributed by atoms with van der Waals surface area (Å²) in [5.74, 6) is -3.02. The quantitative estimate of drug-likeness (QED) is 0.112. The van der Waals surface area contributed by atoms with Gasteiger partial charge in [0.15, 0.2) is 0 Å². The van der Waals surface area contributed by atoms with E-state index in [9.17, 15) is 28.8 Å². The Balaban J connectivity index is 1.81. The zero-order chi connectivity index (χ0) is 37.7. The van der Waals surface area contributed by atoms with E-state index < -0.39 is 65.1 Å². The molecule has 0 radical (unpaired) electrons. The molecule has 2 aliphatic rings. The molecular formula is C39H59N5O7. The largest absolute Gasteiger partial charge is 0.459 e. The molecule has 51 heavy (non-hydrogen) atoms. The van der Waals surface area contributed by atoms with Crippen molar-refractivity contribution in [3.63, 3.8) is 0 Å². The maximum Gasteiger partial charge on any atom is 0.329 e. The van der Waals surface area contributed by atoms with Crippen LogP contribution in [-0.4, -0.2) is 77.7 Å². The predicted molar refractivity (Wildman–Crippen MR) is 195 cm³/mol. The van der Waals surface area contributed by atoms with E-state index in [4.69, 9.17) is 4.74 Å². The number of esters is 1. The number of hydrogen-bond acceptors (Lipinski definition) is 7. The van der Waals surface area contributed by atoms with E-state index in [-0.39, 0.29) is 43.9 Å².